The molecule has 0 radical (unpaired) electrons. The second-order valence-electron chi connectivity index (χ2n) is 4.31. The van der Waals surface area contributed by atoms with Gasteiger partial charge in [-0.15, -0.1) is 0 Å². The highest BCUT2D eigenvalue weighted by atomic mass is 79.9. The molecular weight excluding hydrogens is 266 g/mol. The van der Waals surface area contributed by atoms with Gasteiger partial charge in [0, 0.05) is 22.7 Å². The molecule has 1 aromatic carbocycles. The number of nitrogens with two attached hydrogens (primary N) is 1. The van der Waals surface area contributed by atoms with Gasteiger partial charge in [-0.2, -0.15) is 0 Å². The third-order valence-electron chi connectivity index (χ3n) is 2.70. The third kappa shape index (κ3) is 3.72. The molecule has 0 aromatic heterocycles. The van der Waals surface area contributed by atoms with Gasteiger partial charge in [0.05, 0.1) is 0 Å². The largest absolute Gasteiger partial charge is 0.330 e. The predicted octanol–water partition coefficient (Wildman–Crippen LogP) is 3.11. The van der Waals surface area contributed by atoms with Crippen molar-refractivity contribution in [2.45, 2.75) is 26.2 Å². The van der Waals surface area contributed by atoms with Crippen LogP contribution in [-0.2, 0) is 4.79 Å². The van der Waals surface area contributed by atoms with Crippen LogP contribution in [0.15, 0.2) is 28.7 Å². The Morgan fingerprint density at radius 3 is 2.62 bits per heavy atom. The van der Waals surface area contributed by atoms with Gasteiger partial charge in [-0.3, -0.25) is 4.79 Å². The van der Waals surface area contributed by atoms with Gasteiger partial charge in [-0.25, -0.2) is 0 Å². The van der Waals surface area contributed by atoms with E-state index in [1.165, 1.54) is 0 Å². The summed E-state index contributed by atoms with van der Waals surface area (Å²) >= 11 is 3.43. The van der Waals surface area contributed by atoms with Crippen molar-refractivity contribution in [1.82, 2.24) is 0 Å². The minimum absolute atomic E-state index is 0.0844. The molecule has 0 spiro atoms. The molecule has 1 atom stereocenters. The van der Waals surface area contributed by atoms with Crippen LogP contribution in [0, 0.1) is 5.92 Å². The van der Waals surface area contributed by atoms with E-state index in [-0.39, 0.29) is 17.6 Å². The summed E-state index contributed by atoms with van der Waals surface area (Å²) in [6.45, 7) is 4.36. The zero-order valence-corrected chi connectivity index (χ0v) is 11.3. The third-order valence-corrected chi connectivity index (χ3v) is 3.19. The Balaban J connectivity index is 2.78. The highest BCUT2D eigenvalue weighted by Gasteiger charge is 2.16. The summed E-state index contributed by atoms with van der Waals surface area (Å²) in [4.78, 5) is 11.7. The quantitative estimate of drug-likeness (QED) is 0.902. The van der Waals surface area contributed by atoms with Crippen LogP contribution in [0.2, 0.25) is 0 Å². The molecule has 0 fully saturated rings. The first-order chi connectivity index (χ1) is 7.54. The lowest BCUT2D eigenvalue weighted by molar-refractivity contribution is -0.122. The maximum absolute atomic E-state index is 11.7. The van der Waals surface area contributed by atoms with Gasteiger partial charge in [0.15, 0.2) is 0 Å². The van der Waals surface area contributed by atoms with Gasteiger partial charge in [0.1, 0.15) is 5.78 Å². The zero-order valence-electron chi connectivity index (χ0n) is 9.74. The Bertz CT molecular complexity index is 363. The first-order valence-corrected chi connectivity index (χ1v) is 6.32. The molecular formula is C13H18BrNO. The Morgan fingerprint density at radius 2 is 2.12 bits per heavy atom. The van der Waals surface area contributed by atoms with E-state index in [2.05, 4.69) is 15.9 Å². The number of hydrogen-bond donors (Lipinski definition) is 1. The predicted molar refractivity (Wildman–Crippen MR) is 70.4 cm³/mol. The number of halogens is 1. The van der Waals surface area contributed by atoms with Gasteiger partial charge in [0.25, 0.3) is 0 Å². The van der Waals surface area contributed by atoms with Gasteiger partial charge in [-0.05, 0) is 24.2 Å². The summed E-state index contributed by atoms with van der Waals surface area (Å²) in [5, 5.41) is 0. The summed E-state index contributed by atoms with van der Waals surface area (Å²) in [6.07, 6.45) is 0.532. The SMILES string of the molecule is CC(C)C(=O)C[C@H](CN)c1cccc(Br)c1. The van der Waals surface area contributed by atoms with E-state index in [0.717, 1.165) is 10.0 Å². The average molecular weight is 284 g/mol. The highest BCUT2D eigenvalue weighted by Crippen LogP contribution is 2.23. The molecule has 0 heterocycles. The number of benzene rings is 1. The van der Waals surface area contributed by atoms with Crippen molar-refractivity contribution in [2.24, 2.45) is 11.7 Å². The summed E-state index contributed by atoms with van der Waals surface area (Å²) in [6, 6.07) is 8.00. The van der Waals surface area contributed by atoms with E-state index < -0.39 is 0 Å². The van der Waals surface area contributed by atoms with E-state index in [1.54, 1.807) is 0 Å². The second kappa shape index (κ2) is 6.16. The molecule has 16 heavy (non-hydrogen) atoms. The van der Waals surface area contributed by atoms with Crippen LogP contribution in [0.1, 0.15) is 31.7 Å². The lowest BCUT2D eigenvalue weighted by Crippen LogP contribution is -2.19. The molecule has 2 nitrogen and oxygen atoms in total. The maximum atomic E-state index is 11.7. The van der Waals surface area contributed by atoms with Crippen molar-refractivity contribution < 1.29 is 4.79 Å². The number of carbonyl (C=O) groups is 1. The first kappa shape index (κ1) is 13.4. The fourth-order valence-electron chi connectivity index (χ4n) is 1.58. The van der Waals surface area contributed by atoms with Crippen LogP contribution >= 0.6 is 15.9 Å². The van der Waals surface area contributed by atoms with Crippen molar-refractivity contribution in [2.75, 3.05) is 6.54 Å². The van der Waals surface area contributed by atoms with Crippen molar-refractivity contribution in [3.8, 4) is 0 Å². The Morgan fingerprint density at radius 1 is 1.44 bits per heavy atom. The van der Waals surface area contributed by atoms with E-state index in [1.807, 2.05) is 38.1 Å². The molecule has 0 saturated heterocycles. The topological polar surface area (TPSA) is 43.1 Å². The van der Waals surface area contributed by atoms with Crippen molar-refractivity contribution in [3.05, 3.63) is 34.3 Å². The number of carbonyl (C=O) groups excluding carboxylic acids is 1. The first-order valence-electron chi connectivity index (χ1n) is 5.52. The number of ketones is 1. The van der Waals surface area contributed by atoms with E-state index in [4.69, 9.17) is 5.73 Å². The molecule has 88 valence electrons. The van der Waals surface area contributed by atoms with Crippen LogP contribution in [0.25, 0.3) is 0 Å². The lowest BCUT2D eigenvalue weighted by atomic mass is 9.90. The molecule has 0 bridgehead atoms. The van der Waals surface area contributed by atoms with E-state index in [0.29, 0.717) is 13.0 Å². The maximum Gasteiger partial charge on any atom is 0.136 e. The molecule has 1 aromatic rings. The molecule has 0 unspecified atom stereocenters. The van der Waals surface area contributed by atoms with Crippen LogP contribution in [0.3, 0.4) is 0 Å². The van der Waals surface area contributed by atoms with Gasteiger partial charge < -0.3 is 5.73 Å². The van der Waals surface area contributed by atoms with Crippen molar-refractivity contribution in [1.29, 1.82) is 0 Å². The van der Waals surface area contributed by atoms with Gasteiger partial charge in [-0.1, -0.05) is 41.9 Å². The molecule has 1 rings (SSSR count). The molecule has 0 saturated carbocycles. The molecule has 0 aliphatic rings. The van der Waals surface area contributed by atoms with Crippen molar-refractivity contribution in [3.63, 3.8) is 0 Å². The van der Waals surface area contributed by atoms with E-state index in [9.17, 15) is 4.79 Å². The Kier molecular flexibility index (Phi) is 5.16. The summed E-state index contributed by atoms with van der Waals surface area (Å²) in [7, 11) is 0. The molecule has 3 heteroatoms. The minimum Gasteiger partial charge on any atom is -0.330 e. The fourth-order valence-corrected chi connectivity index (χ4v) is 1.99. The van der Waals surface area contributed by atoms with Crippen LogP contribution in [0.4, 0.5) is 0 Å². The normalized spacial score (nSPS) is 12.8. The molecule has 0 aliphatic carbocycles. The lowest BCUT2D eigenvalue weighted by Gasteiger charge is -2.16. The molecule has 0 aliphatic heterocycles. The zero-order chi connectivity index (χ0) is 12.1. The number of hydrogen-bond acceptors (Lipinski definition) is 2. The van der Waals surface area contributed by atoms with Crippen LogP contribution in [-0.4, -0.2) is 12.3 Å². The van der Waals surface area contributed by atoms with Crippen LogP contribution in [0.5, 0.6) is 0 Å². The van der Waals surface area contributed by atoms with Gasteiger partial charge >= 0.3 is 0 Å². The Labute approximate surface area is 105 Å². The smallest absolute Gasteiger partial charge is 0.136 e. The average Bonchev–Trinajstić information content (AvgIpc) is 2.25. The highest BCUT2D eigenvalue weighted by molar-refractivity contribution is 9.10. The monoisotopic (exact) mass is 283 g/mol. The summed E-state index contributed by atoms with van der Waals surface area (Å²) in [5.41, 5.74) is 6.87. The van der Waals surface area contributed by atoms with E-state index >= 15 is 0 Å². The van der Waals surface area contributed by atoms with Gasteiger partial charge in [0.2, 0.25) is 0 Å². The summed E-state index contributed by atoms with van der Waals surface area (Å²) < 4.78 is 1.03. The Hall–Kier alpha value is -0.670. The number of rotatable bonds is 5. The fraction of sp³-hybridized carbons (Fsp3) is 0.462. The minimum atomic E-state index is 0.0844. The molecule has 0 amide bonds. The van der Waals surface area contributed by atoms with Crippen LogP contribution < -0.4 is 5.73 Å². The molecule has 2 N–H and O–H groups in total. The number of Topliss-reactive ketones (excluding diaryl/α,β-unsaturated/α-hetero) is 1. The van der Waals surface area contributed by atoms with Crippen molar-refractivity contribution >= 4 is 21.7 Å². The summed E-state index contributed by atoms with van der Waals surface area (Å²) in [5.74, 6) is 0.490. The second-order valence-corrected chi connectivity index (χ2v) is 5.23. The standard InChI is InChI=1S/C13H18BrNO/c1-9(2)13(16)7-11(8-15)10-4-3-5-12(14)6-10/h3-6,9,11H,7-8,15H2,1-2H3/t11-/m1/s1.